The molecule has 1 aliphatic rings. The number of likely N-dealkylation sites (N-methyl/N-ethyl adjacent to an activating group) is 1. The molecule has 1 heterocycles. The summed E-state index contributed by atoms with van der Waals surface area (Å²) in [7, 11) is -0.748. The largest absolute Gasteiger partial charge is 0.496 e. The van der Waals surface area contributed by atoms with E-state index in [0.29, 0.717) is 24.5 Å². The fourth-order valence-electron chi connectivity index (χ4n) is 2.71. The Labute approximate surface area is 152 Å². The van der Waals surface area contributed by atoms with E-state index in [2.05, 4.69) is 0 Å². The second-order valence-electron chi connectivity index (χ2n) is 6.02. The third-order valence-electron chi connectivity index (χ3n) is 4.24. The summed E-state index contributed by atoms with van der Waals surface area (Å²) in [6, 6.07) is 10.8. The number of hydrogen-bond donors (Lipinski definition) is 0. The fourth-order valence-corrected chi connectivity index (χ4v) is 3.63. The number of amides is 2. The normalized spacial score (nSPS) is 14.7. The highest BCUT2D eigenvalue weighted by atomic mass is 32.2. The van der Waals surface area contributed by atoms with Gasteiger partial charge in [-0.2, -0.15) is 8.42 Å². The van der Waals surface area contributed by atoms with Gasteiger partial charge in [-0.25, -0.2) is 4.79 Å². The van der Waals surface area contributed by atoms with Crippen LogP contribution in [0.3, 0.4) is 0 Å². The molecule has 0 unspecified atom stereocenters. The van der Waals surface area contributed by atoms with Crippen molar-refractivity contribution in [1.29, 1.82) is 0 Å². The number of nitrogens with zero attached hydrogens (tertiary/aromatic N) is 2. The van der Waals surface area contributed by atoms with E-state index in [9.17, 15) is 13.2 Å². The molecular weight excluding hydrogens is 356 g/mol. The van der Waals surface area contributed by atoms with Gasteiger partial charge in [0.25, 0.3) is 0 Å². The van der Waals surface area contributed by atoms with E-state index in [0.717, 1.165) is 5.56 Å². The number of carbonyl (C=O) groups excluding carboxylic acids is 1. The van der Waals surface area contributed by atoms with Crippen LogP contribution in [0, 0.1) is 6.92 Å². The van der Waals surface area contributed by atoms with E-state index < -0.39 is 10.1 Å². The van der Waals surface area contributed by atoms with Gasteiger partial charge in [0.05, 0.1) is 7.11 Å². The molecule has 0 aromatic heterocycles. The number of methoxy groups -OCH3 is 1. The maximum atomic E-state index is 12.5. The zero-order valence-electron chi connectivity index (χ0n) is 14.8. The second kappa shape index (κ2) is 6.87. The lowest BCUT2D eigenvalue weighted by Crippen LogP contribution is -2.29. The van der Waals surface area contributed by atoms with Gasteiger partial charge < -0.3 is 13.8 Å². The van der Waals surface area contributed by atoms with Crippen LogP contribution < -0.4 is 13.8 Å². The van der Waals surface area contributed by atoms with Gasteiger partial charge in [0.15, 0.2) is 0 Å². The first-order chi connectivity index (χ1) is 12.3. The predicted octanol–water partition coefficient (Wildman–Crippen LogP) is 2.64. The van der Waals surface area contributed by atoms with Gasteiger partial charge in [0.2, 0.25) is 0 Å². The van der Waals surface area contributed by atoms with E-state index in [1.807, 2.05) is 6.92 Å². The summed E-state index contributed by atoms with van der Waals surface area (Å²) in [6.45, 7) is 3.06. The minimum absolute atomic E-state index is 0.0146. The van der Waals surface area contributed by atoms with Gasteiger partial charge in [0.1, 0.15) is 16.4 Å². The second-order valence-corrected chi connectivity index (χ2v) is 7.56. The minimum Gasteiger partial charge on any atom is -0.496 e. The first-order valence-electron chi connectivity index (χ1n) is 8.03. The van der Waals surface area contributed by atoms with Crippen LogP contribution in [-0.2, 0) is 10.1 Å². The number of benzene rings is 2. The zero-order chi connectivity index (χ0) is 18.9. The smallest absolute Gasteiger partial charge is 0.339 e. The van der Waals surface area contributed by atoms with Crippen molar-refractivity contribution in [3.63, 3.8) is 0 Å². The molecule has 8 heteroatoms. The number of ether oxygens (including phenoxy) is 1. The third kappa shape index (κ3) is 3.45. The minimum atomic E-state index is -3.99. The van der Waals surface area contributed by atoms with Crippen LogP contribution in [0.15, 0.2) is 47.4 Å². The first kappa shape index (κ1) is 18.1. The first-order valence-corrected chi connectivity index (χ1v) is 9.44. The highest BCUT2D eigenvalue weighted by Gasteiger charge is 2.27. The standard InChI is InChI=1S/C18H20N2O5S/c1-13-4-7-15(12-17(13)24-3)25-26(22,23)16-8-5-14(6-9-16)20-11-10-19(2)18(20)21/h4-9,12H,10-11H2,1-3H3. The Morgan fingerprint density at radius 2 is 1.73 bits per heavy atom. The summed E-state index contributed by atoms with van der Waals surface area (Å²) in [5.74, 6) is 0.720. The summed E-state index contributed by atoms with van der Waals surface area (Å²) in [5.41, 5.74) is 1.53. The molecule has 2 aromatic carbocycles. The Morgan fingerprint density at radius 3 is 2.31 bits per heavy atom. The maximum absolute atomic E-state index is 12.5. The maximum Gasteiger partial charge on any atom is 0.339 e. The van der Waals surface area contributed by atoms with Crippen LogP contribution in [-0.4, -0.2) is 46.6 Å². The molecule has 0 bridgehead atoms. The van der Waals surface area contributed by atoms with Gasteiger partial charge in [-0.3, -0.25) is 4.90 Å². The van der Waals surface area contributed by atoms with E-state index in [-0.39, 0.29) is 16.7 Å². The number of aryl methyl sites for hydroxylation is 1. The molecule has 1 saturated heterocycles. The summed E-state index contributed by atoms with van der Waals surface area (Å²) in [4.78, 5) is 15.2. The molecule has 1 aliphatic heterocycles. The average Bonchev–Trinajstić information content (AvgIpc) is 2.95. The van der Waals surface area contributed by atoms with E-state index >= 15 is 0 Å². The highest BCUT2D eigenvalue weighted by Crippen LogP contribution is 2.27. The molecule has 0 spiro atoms. The van der Waals surface area contributed by atoms with Gasteiger partial charge in [-0.05, 0) is 42.8 Å². The molecular formula is C18H20N2O5S. The lowest BCUT2D eigenvalue weighted by Gasteiger charge is -2.16. The molecule has 0 N–H and O–H groups in total. The lowest BCUT2D eigenvalue weighted by atomic mass is 10.2. The fraction of sp³-hybridized carbons (Fsp3) is 0.278. The summed E-state index contributed by atoms with van der Waals surface area (Å²) < 4.78 is 35.3. The molecule has 0 saturated carbocycles. The number of carbonyl (C=O) groups is 1. The molecule has 1 fully saturated rings. The van der Waals surface area contributed by atoms with E-state index in [4.69, 9.17) is 8.92 Å². The number of rotatable bonds is 5. The van der Waals surface area contributed by atoms with Crippen LogP contribution in [0.1, 0.15) is 5.56 Å². The van der Waals surface area contributed by atoms with Crippen molar-refractivity contribution in [3.8, 4) is 11.5 Å². The van der Waals surface area contributed by atoms with Crippen molar-refractivity contribution in [1.82, 2.24) is 4.90 Å². The van der Waals surface area contributed by atoms with Crippen molar-refractivity contribution in [2.24, 2.45) is 0 Å². The van der Waals surface area contributed by atoms with Crippen molar-refractivity contribution in [2.45, 2.75) is 11.8 Å². The van der Waals surface area contributed by atoms with Crippen molar-refractivity contribution < 1.29 is 22.1 Å². The quantitative estimate of drug-likeness (QED) is 0.750. The van der Waals surface area contributed by atoms with Gasteiger partial charge >= 0.3 is 16.1 Å². The van der Waals surface area contributed by atoms with Crippen LogP contribution in [0.5, 0.6) is 11.5 Å². The Bertz CT molecular complexity index is 925. The zero-order valence-corrected chi connectivity index (χ0v) is 15.6. The average molecular weight is 376 g/mol. The van der Waals surface area contributed by atoms with Gasteiger partial charge in [0, 0.05) is 31.9 Å². The van der Waals surface area contributed by atoms with Crippen LogP contribution >= 0.6 is 0 Å². The molecule has 26 heavy (non-hydrogen) atoms. The molecule has 0 aliphatic carbocycles. The van der Waals surface area contributed by atoms with Gasteiger partial charge in [-0.15, -0.1) is 0 Å². The Hall–Kier alpha value is -2.74. The molecule has 0 radical (unpaired) electrons. The predicted molar refractivity (Wildman–Crippen MR) is 97.4 cm³/mol. The van der Waals surface area contributed by atoms with Crippen LogP contribution in [0.4, 0.5) is 10.5 Å². The number of anilines is 1. The molecule has 138 valence electrons. The SMILES string of the molecule is COc1cc(OS(=O)(=O)c2ccc(N3CCN(C)C3=O)cc2)ccc1C. The topological polar surface area (TPSA) is 76.2 Å². The van der Waals surface area contributed by atoms with Crippen molar-refractivity contribution >= 4 is 21.8 Å². The van der Waals surface area contributed by atoms with Crippen molar-refractivity contribution in [2.75, 3.05) is 32.1 Å². The van der Waals surface area contributed by atoms with Gasteiger partial charge in [-0.1, -0.05) is 6.07 Å². The summed E-state index contributed by atoms with van der Waals surface area (Å²) >= 11 is 0. The van der Waals surface area contributed by atoms with Crippen molar-refractivity contribution in [3.05, 3.63) is 48.0 Å². The summed E-state index contributed by atoms with van der Waals surface area (Å²) in [6.07, 6.45) is 0. The monoisotopic (exact) mass is 376 g/mol. The molecule has 3 rings (SSSR count). The van der Waals surface area contributed by atoms with Crippen LogP contribution in [0.25, 0.3) is 0 Å². The molecule has 0 atom stereocenters. The Morgan fingerprint density at radius 1 is 1.04 bits per heavy atom. The Balaban J connectivity index is 1.80. The molecule has 7 nitrogen and oxygen atoms in total. The van der Waals surface area contributed by atoms with E-state index in [1.54, 1.807) is 41.1 Å². The third-order valence-corrected chi connectivity index (χ3v) is 5.50. The Kier molecular flexibility index (Phi) is 4.78. The van der Waals surface area contributed by atoms with Crippen LogP contribution in [0.2, 0.25) is 0 Å². The summed E-state index contributed by atoms with van der Waals surface area (Å²) in [5, 5.41) is 0. The molecule has 2 amide bonds. The number of urea groups is 1. The highest BCUT2D eigenvalue weighted by molar-refractivity contribution is 7.87. The van der Waals surface area contributed by atoms with E-state index in [1.165, 1.54) is 25.3 Å². The number of hydrogen-bond acceptors (Lipinski definition) is 5. The molecule has 2 aromatic rings. The lowest BCUT2D eigenvalue weighted by molar-refractivity contribution is 0.229.